The summed E-state index contributed by atoms with van der Waals surface area (Å²) in [6, 6.07) is 6.45. The van der Waals surface area contributed by atoms with Crippen molar-refractivity contribution in [1.29, 1.82) is 0 Å². The van der Waals surface area contributed by atoms with Crippen molar-refractivity contribution in [3.8, 4) is 0 Å². The Morgan fingerprint density at radius 2 is 2.09 bits per heavy atom. The Morgan fingerprint density at radius 3 is 2.78 bits per heavy atom. The first kappa shape index (κ1) is 16.5. The maximum atomic E-state index is 11.6. The molecule has 1 unspecified atom stereocenters. The Morgan fingerprint density at radius 1 is 1.30 bits per heavy atom. The molecule has 1 aromatic carbocycles. The van der Waals surface area contributed by atoms with E-state index in [1.807, 2.05) is 11.6 Å². The lowest BCUT2D eigenvalue weighted by Crippen LogP contribution is -2.09. The maximum Gasteiger partial charge on any atom is 0.191 e. The first-order chi connectivity index (χ1) is 10.9. The summed E-state index contributed by atoms with van der Waals surface area (Å²) in [6.07, 6.45) is 0.649. The Balaban J connectivity index is 1.74. The maximum absolute atomic E-state index is 11.6. The van der Waals surface area contributed by atoms with E-state index in [1.54, 1.807) is 11.8 Å². The van der Waals surface area contributed by atoms with Crippen molar-refractivity contribution in [2.24, 2.45) is 7.05 Å². The smallest absolute Gasteiger partial charge is 0.191 e. The standard InChI is InChI=1S/C16H21N3O2S2/c1-11-4-5-12(2)14(8-11)9-22-16-18-17-15(19(16)3)13-6-7-23(20,21)10-13/h4-5,8,13H,6-7,9-10H2,1-3H3. The quantitative estimate of drug-likeness (QED) is 0.792. The number of thioether (sulfide) groups is 1. The van der Waals surface area contributed by atoms with Crippen LogP contribution in [-0.2, 0) is 22.6 Å². The zero-order valence-corrected chi connectivity index (χ0v) is 15.2. The highest BCUT2D eigenvalue weighted by atomic mass is 32.2. The third-order valence-electron chi connectivity index (χ3n) is 4.33. The van der Waals surface area contributed by atoms with Crippen LogP contribution in [0.3, 0.4) is 0 Å². The van der Waals surface area contributed by atoms with Crippen LogP contribution in [0.25, 0.3) is 0 Å². The molecule has 124 valence electrons. The Hall–Kier alpha value is -1.34. The van der Waals surface area contributed by atoms with E-state index in [0.717, 1.165) is 16.7 Å². The third kappa shape index (κ3) is 3.61. The molecule has 2 heterocycles. The lowest BCUT2D eigenvalue weighted by Gasteiger charge is -2.09. The first-order valence-electron chi connectivity index (χ1n) is 7.64. The van der Waals surface area contributed by atoms with E-state index < -0.39 is 9.84 Å². The van der Waals surface area contributed by atoms with Crippen molar-refractivity contribution in [2.45, 2.75) is 37.1 Å². The summed E-state index contributed by atoms with van der Waals surface area (Å²) >= 11 is 1.64. The summed E-state index contributed by atoms with van der Waals surface area (Å²) in [5, 5.41) is 9.34. The van der Waals surface area contributed by atoms with E-state index in [9.17, 15) is 8.42 Å². The molecule has 1 fully saturated rings. The number of nitrogens with zero attached hydrogens (tertiary/aromatic N) is 3. The van der Waals surface area contributed by atoms with Gasteiger partial charge in [-0.05, 0) is 31.4 Å². The van der Waals surface area contributed by atoms with Gasteiger partial charge >= 0.3 is 0 Å². The first-order valence-corrected chi connectivity index (χ1v) is 10.4. The van der Waals surface area contributed by atoms with Crippen LogP contribution in [0.15, 0.2) is 23.4 Å². The third-order valence-corrected chi connectivity index (χ3v) is 7.16. The lowest BCUT2D eigenvalue weighted by molar-refractivity contribution is 0.599. The highest BCUT2D eigenvalue weighted by molar-refractivity contribution is 7.98. The van der Waals surface area contributed by atoms with Gasteiger partial charge in [0.2, 0.25) is 0 Å². The van der Waals surface area contributed by atoms with Crippen molar-refractivity contribution in [1.82, 2.24) is 14.8 Å². The van der Waals surface area contributed by atoms with Gasteiger partial charge < -0.3 is 4.57 Å². The van der Waals surface area contributed by atoms with Gasteiger partial charge in [-0.3, -0.25) is 0 Å². The average Bonchev–Trinajstić information content (AvgIpc) is 3.02. The van der Waals surface area contributed by atoms with Gasteiger partial charge in [-0.1, -0.05) is 35.5 Å². The van der Waals surface area contributed by atoms with Crippen LogP contribution < -0.4 is 0 Å². The molecule has 0 saturated carbocycles. The Bertz CT molecular complexity index is 828. The normalized spacial score (nSPS) is 20.0. The molecule has 0 bridgehead atoms. The fourth-order valence-corrected chi connectivity index (χ4v) is 5.62. The van der Waals surface area contributed by atoms with Crippen molar-refractivity contribution >= 4 is 21.6 Å². The molecule has 1 aliphatic rings. The highest BCUT2D eigenvalue weighted by Gasteiger charge is 2.32. The fraction of sp³-hybridized carbons (Fsp3) is 0.500. The molecule has 1 saturated heterocycles. The molecule has 1 aromatic heterocycles. The van der Waals surface area contributed by atoms with Gasteiger partial charge in [0, 0.05) is 18.7 Å². The van der Waals surface area contributed by atoms with E-state index in [4.69, 9.17) is 0 Å². The molecule has 0 aliphatic carbocycles. The molecule has 3 rings (SSSR count). The highest BCUT2D eigenvalue weighted by Crippen LogP contribution is 2.30. The summed E-state index contributed by atoms with van der Waals surface area (Å²) in [4.78, 5) is 0. The summed E-state index contributed by atoms with van der Waals surface area (Å²) in [5.74, 6) is 2.06. The van der Waals surface area contributed by atoms with Crippen LogP contribution in [0, 0.1) is 13.8 Å². The van der Waals surface area contributed by atoms with Crippen LogP contribution in [0.1, 0.15) is 34.9 Å². The van der Waals surface area contributed by atoms with Gasteiger partial charge in [-0.15, -0.1) is 10.2 Å². The van der Waals surface area contributed by atoms with Crippen LogP contribution in [0.4, 0.5) is 0 Å². The van der Waals surface area contributed by atoms with Gasteiger partial charge in [0.15, 0.2) is 15.0 Å². The van der Waals surface area contributed by atoms with Crippen LogP contribution >= 0.6 is 11.8 Å². The molecule has 5 nitrogen and oxygen atoms in total. The fourth-order valence-electron chi connectivity index (χ4n) is 2.90. The lowest BCUT2D eigenvalue weighted by atomic mass is 10.1. The van der Waals surface area contributed by atoms with Crippen molar-refractivity contribution in [2.75, 3.05) is 11.5 Å². The average molecular weight is 351 g/mol. The van der Waals surface area contributed by atoms with Crippen molar-refractivity contribution in [3.05, 3.63) is 40.7 Å². The van der Waals surface area contributed by atoms with E-state index in [-0.39, 0.29) is 17.4 Å². The largest absolute Gasteiger partial charge is 0.309 e. The summed E-state index contributed by atoms with van der Waals surface area (Å²) in [5.41, 5.74) is 3.82. The number of hydrogen-bond donors (Lipinski definition) is 0. The molecule has 2 aromatic rings. The molecule has 0 amide bonds. The number of hydrogen-bond acceptors (Lipinski definition) is 5. The second kappa shape index (κ2) is 6.28. The molecular weight excluding hydrogens is 330 g/mol. The van der Waals surface area contributed by atoms with Crippen LogP contribution in [-0.4, -0.2) is 34.7 Å². The predicted molar refractivity (Wildman–Crippen MR) is 92.5 cm³/mol. The molecule has 1 aliphatic heterocycles. The van der Waals surface area contributed by atoms with Gasteiger partial charge in [0.1, 0.15) is 5.82 Å². The van der Waals surface area contributed by atoms with E-state index in [1.165, 1.54) is 16.7 Å². The monoisotopic (exact) mass is 351 g/mol. The Kier molecular flexibility index (Phi) is 4.51. The van der Waals surface area contributed by atoms with E-state index in [0.29, 0.717) is 6.42 Å². The van der Waals surface area contributed by atoms with Crippen LogP contribution in [0.5, 0.6) is 0 Å². The van der Waals surface area contributed by atoms with Gasteiger partial charge in [-0.25, -0.2) is 8.42 Å². The molecule has 0 spiro atoms. The second-order valence-corrected chi connectivity index (χ2v) is 9.39. The molecule has 1 atom stereocenters. The topological polar surface area (TPSA) is 64.8 Å². The molecular formula is C16H21N3O2S2. The predicted octanol–water partition coefficient (Wildman–Crippen LogP) is 2.63. The van der Waals surface area contributed by atoms with Gasteiger partial charge in [0.25, 0.3) is 0 Å². The minimum Gasteiger partial charge on any atom is -0.309 e. The van der Waals surface area contributed by atoms with Gasteiger partial charge in [0.05, 0.1) is 11.5 Å². The zero-order valence-electron chi connectivity index (χ0n) is 13.6. The summed E-state index contributed by atoms with van der Waals surface area (Å²) in [6.45, 7) is 4.20. The number of aromatic nitrogens is 3. The van der Waals surface area contributed by atoms with Gasteiger partial charge in [-0.2, -0.15) is 0 Å². The number of benzene rings is 1. The van der Waals surface area contributed by atoms with Crippen molar-refractivity contribution < 1.29 is 8.42 Å². The van der Waals surface area contributed by atoms with E-state index >= 15 is 0 Å². The molecule has 7 heteroatoms. The number of sulfone groups is 1. The summed E-state index contributed by atoms with van der Waals surface area (Å²) in [7, 11) is -0.982. The SMILES string of the molecule is Cc1ccc(C)c(CSc2nnc(C3CCS(=O)(=O)C3)n2C)c1. The molecule has 0 N–H and O–H groups in total. The number of rotatable bonds is 4. The molecule has 0 radical (unpaired) electrons. The minimum absolute atomic E-state index is 0.0208. The Labute approximate surface area is 141 Å². The minimum atomic E-state index is -2.90. The van der Waals surface area contributed by atoms with E-state index in [2.05, 4.69) is 42.2 Å². The summed E-state index contributed by atoms with van der Waals surface area (Å²) < 4.78 is 25.2. The zero-order chi connectivity index (χ0) is 16.6. The molecule has 23 heavy (non-hydrogen) atoms. The van der Waals surface area contributed by atoms with Crippen LogP contribution in [0.2, 0.25) is 0 Å². The second-order valence-electron chi connectivity index (χ2n) is 6.22. The number of aryl methyl sites for hydroxylation is 2. The van der Waals surface area contributed by atoms with Crippen molar-refractivity contribution in [3.63, 3.8) is 0 Å².